The van der Waals surface area contributed by atoms with Gasteiger partial charge in [0.25, 0.3) is 0 Å². The van der Waals surface area contributed by atoms with Crippen molar-refractivity contribution in [1.29, 1.82) is 5.26 Å². The van der Waals surface area contributed by atoms with E-state index in [4.69, 9.17) is 11.0 Å². The zero-order valence-corrected chi connectivity index (χ0v) is 9.90. The summed E-state index contributed by atoms with van der Waals surface area (Å²) in [7, 11) is 0. The van der Waals surface area contributed by atoms with Gasteiger partial charge in [0.05, 0.1) is 11.6 Å². The van der Waals surface area contributed by atoms with Crippen LogP contribution in [0.5, 0.6) is 0 Å². The van der Waals surface area contributed by atoms with Gasteiger partial charge in [-0.3, -0.25) is 4.79 Å². The van der Waals surface area contributed by atoms with Crippen LogP contribution in [0.15, 0.2) is 18.2 Å². The van der Waals surface area contributed by atoms with Crippen molar-refractivity contribution in [2.75, 3.05) is 11.4 Å². The molecule has 0 bridgehead atoms. The molecule has 1 fully saturated rings. The maximum atomic E-state index is 13.4. The van der Waals surface area contributed by atoms with Crippen molar-refractivity contribution in [2.24, 2.45) is 5.73 Å². The first-order valence-electron chi connectivity index (χ1n) is 5.88. The third-order valence-electron chi connectivity index (χ3n) is 3.17. The van der Waals surface area contributed by atoms with Gasteiger partial charge in [-0.2, -0.15) is 5.26 Å². The Bertz CT molecular complexity index is 509. The number of piperidine rings is 1. The van der Waals surface area contributed by atoms with Crippen LogP contribution in [0.4, 0.5) is 10.1 Å². The predicted octanol–water partition coefficient (Wildman–Crippen LogP) is 1.54. The molecule has 2 N–H and O–H groups in total. The SMILES string of the molecule is N#Cc1cc(F)cc(N2CCCCC2C(N)=O)c1. The van der Waals surface area contributed by atoms with Gasteiger partial charge in [-0.25, -0.2) is 4.39 Å². The summed E-state index contributed by atoms with van der Waals surface area (Å²) in [5, 5.41) is 8.83. The first kappa shape index (κ1) is 12.4. The molecule has 1 aliphatic heterocycles. The van der Waals surface area contributed by atoms with Crippen LogP contribution in [0.2, 0.25) is 0 Å². The number of carbonyl (C=O) groups is 1. The van der Waals surface area contributed by atoms with E-state index in [0.29, 0.717) is 18.7 Å². The highest BCUT2D eigenvalue weighted by Crippen LogP contribution is 2.26. The molecule has 0 spiro atoms. The lowest BCUT2D eigenvalue weighted by Crippen LogP contribution is -2.47. The molecule has 0 aromatic heterocycles. The van der Waals surface area contributed by atoms with E-state index in [9.17, 15) is 9.18 Å². The van der Waals surface area contributed by atoms with E-state index in [0.717, 1.165) is 12.8 Å². The second-order valence-corrected chi connectivity index (χ2v) is 4.42. The molecule has 18 heavy (non-hydrogen) atoms. The van der Waals surface area contributed by atoms with Crippen molar-refractivity contribution in [1.82, 2.24) is 0 Å². The molecule has 1 aliphatic rings. The Labute approximate surface area is 105 Å². The van der Waals surface area contributed by atoms with Gasteiger partial charge >= 0.3 is 0 Å². The standard InChI is InChI=1S/C13H14FN3O/c14-10-5-9(8-15)6-11(7-10)17-4-2-1-3-12(17)13(16)18/h5-7,12H,1-4H2,(H2,16,18). The summed E-state index contributed by atoms with van der Waals surface area (Å²) in [6.45, 7) is 0.655. The average molecular weight is 247 g/mol. The molecule has 1 amide bonds. The molecule has 1 heterocycles. The molecule has 1 aromatic rings. The van der Waals surface area contributed by atoms with Crippen molar-refractivity contribution in [3.63, 3.8) is 0 Å². The molecular formula is C13H14FN3O. The maximum absolute atomic E-state index is 13.4. The van der Waals surface area contributed by atoms with E-state index in [1.807, 2.05) is 6.07 Å². The van der Waals surface area contributed by atoms with Gasteiger partial charge in [0.2, 0.25) is 5.91 Å². The number of nitrogens with zero attached hydrogens (tertiary/aromatic N) is 2. The Morgan fingerprint density at radius 2 is 2.22 bits per heavy atom. The Morgan fingerprint density at radius 3 is 2.89 bits per heavy atom. The number of benzene rings is 1. The maximum Gasteiger partial charge on any atom is 0.240 e. The summed E-state index contributed by atoms with van der Waals surface area (Å²) < 4.78 is 13.4. The van der Waals surface area contributed by atoms with Gasteiger partial charge in [0.15, 0.2) is 0 Å². The fraction of sp³-hybridized carbons (Fsp3) is 0.385. The van der Waals surface area contributed by atoms with Crippen LogP contribution >= 0.6 is 0 Å². The molecule has 4 nitrogen and oxygen atoms in total. The molecule has 2 rings (SSSR count). The van der Waals surface area contributed by atoms with Gasteiger partial charge in [-0.15, -0.1) is 0 Å². The monoisotopic (exact) mass is 247 g/mol. The number of halogens is 1. The molecule has 1 aromatic carbocycles. The number of amides is 1. The summed E-state index contributed by atoms with van der Waals surface area (Å²) in [6, 6.07) is 5.59. The minimum atomic E-state index is -0.474. The van der Waals surface area contributed by atoms with Gasteiger partial charge in [0.1, 0.15) is 11.9 Å². The number of carbonyl (C=O) groups excluding carboxylic acids is 1. The summed E-state index contributed by atoms with van der Waals surface area (Å²) >= 11 is 0. The van der Waals surface area contributed by atoms with Gasteiger partial charge in [-0.05, 0) is 37.5 Å². The topological polar surface area (TPSA) is 70.1 Å². The average Bonchev–Trinajstić information content (AvgIpc) is 2.38. The number of hydrogen-bond donors (Lipinski definition) is 1. The van der Waals surface area contributed by atoms with Crippen molar-refractivity contribution < 1.29 is 9.18 Å². The smallest absolute Gasteiger partial charge is 0.240 e. The first-order chi connectivity index (χ1) is 8.61. The highest BCUT2D eigenvalue weighted by Gasteiger charge is 2.27. The lowest BCUT2D eigenvalue weighted by Gasteiger charge is -2.35. The van der Waals surface area contributed by atoms with Crippen LogP contribution in [-0.4, -0.2) is 18.5 Å². The van der Waals surface area contributed by atoms with E-state index in [1.54, 1.807) is 11.0 Å². The van der Waals surface area contributed by atoms with Crippen LogP contribution in [0.3, 0.4) is 0 Å². The Hall–Kier alpha value is -2.09. The number of hydrogen-bond acceptors (Lipinski definition) is 3. The van der Waals surface area contributed by atoms with Crippen LogP contribution < -0.4 is 10.6 Å². The van der Waals surface area contributed by atoms with Gasteiger partial charge in [0, 0.05) is 12.2 Å². The van der Waals surface area contributed by atoms with Crippen LogP contribution in [0, 0.1) is 17.1 Å². The highest BCUT2D eigenvalue weighted by atomic mass is 19.1. The largest absolute Gasteiger partial charge is 0.368 e. The zero-order valence-electron chi connectivity index (χ0n) is 9.90. The van der Waals surface area contributed by atoms with Crippen LogP contribution in [0.25, 0.3) is 0 Å². The van der Waals surface area contributed by atoms with Crippen molar-refractivity contribution >= 4 is 11.6 Å². The quantitative estimate of drug-likeness (QED) is 0.861. The molecule has 0 radical (unpaired) electrons. The van der Waals surface area contributed by atoms with Crippen LogP contribution in [-0.2, 0) is 4.79 Å². The van der Waals surface area contributed by atoms with Gasteiger partial charge < -0.3 is 10.6 Å². The van der Waals surface area contributed by atoms with Crippen molar-refractivity contribution in [3.05, 3.63) is 29.6 Å². The molecular weight excluding hydrogens is 233 g/mol. The molecule has 1 unspecified atom stereocenters. The zero-order chi connectivity index (χ0) is 13.1. The number of nitriles is 1. The summed E-state index contributed by atoms with van der Waals surface area (Å²) in [4.78, 5) is 13.2. The molecule has 1 saturated heterocycles. The second-order valence-electron chi connectivity index (χ2n) is 4.42. The minimum absolute atomic E-state index is 0.249. The van der Waals surface area contributed by atoms with Crippen molar-refractivity contribution in [2.45, 2.75) is 25.3 Å². The minimum Gasteiger partial charge on any atom is -0.368 e. The summed E-state index contributed by atoms with van der Waals surface area (Å²) in [5.74, 6) is -0.879. The van der Waals surface area contributed by atoms with E-state index in [2.05, 4.69) is 0 Å². The van der Waals surface area contributed by atoms with Crippen molar-refractivity contribution in [3.8, 4) is 6.07 Å². The third-order valence-corrected chi connectivity index (χ3v) is 3.17. The lowest BCUT2D eigenvalue weighted by molar-refractivity contribution is -0.119. The molecule has 0 saturated carbocycles. The Kier molecular flexibility index (Phi) is 3.47. The fourth-order valence-corrected chi connectivity index (χ4v) is 2.34. The summed E-state index contributed by atoms with van der Waals surface area (Å²) in [5.41, 5.74) is 6.16. The predicted molar refractivity (Wildman–Crippen MR) is 65.3 cm³/mol. The van der Waals surface area contributed by atoms with Gasteiger partial charge in [-0.1, -0.05) is 0 Å². The van der Waals surface area contributed by atoms with E-state index in [-0.39, 0.29) is 5.56 Å². The third kappa shape index (κ3) is 2.43. The molecule has 94 valence electrons. The number of nitrogens with two attached hydrogens (primary N) is 1. The van der Waals surface area contributed by atoms with E-state index in [1.165, 1.54) is 12.1 Å². The second kappa shape index (κ2) is 5.05. The van der Waals surface area contributed by atoms with E-state index >= 15 is 0 Å². The first-order valence-corrected chi connectivity index (χ1v) is 5.88. The summed E-state index contributed by atoms with van der Waals surface area (Å²) in [6.07, 6.45) is 2.54. The molecule has 0 aliphatic carbocycles. The number of rotatable bonds is 2. The van der Waals surface area contributed by atoms with Crippen LogP contribution in [0.1, 0.15) is 24.8 Å². The Balaban J connectivity index is 2.36. The molecule has 5 heteroatoms. The Morgan fingerprint density at radius 1 is 1.44 bits per heavy atom. The molecule has 1 atom stereocenters. The number of primary amides is 1. The fourth-order valence-electron chi connectivity index (χ4n) is 2.34. The highest BCUT2D eigenvalue weighted by molar-refractivity contribution is 5.84. The van der Waals surface area contributed by atoms with E-state index < -0.39 is 17.8 Å². The number of anilines is 1. The normalized spacial score (nSPS) is 19.3. The lowest BCUT2D eigenvalue weighted by atomic mass is 10.00.